The first kappa shape index (κ1) is 12.7. The molecule has 0 spiro atoms. The van der Waals surface area contributed by atoms with Gasteiger partial charge in [0.2, 0.25) is 0 Å². The molecule has 18 heavy (non-hydrogen) atoms. The van der Waals surface area contributed by atoms with Crippen molar-refractivity contribution in [2.75, 3.05) is 0 Å². The number of aromatic nitrogens is 2. The van der Waals surface area contributed by atoms with Crippen LogP contribution in [0.15, 0.2) is 24.3 Å². The molecular formula is C15H20N2O. The number of nitrogens with zero attached hydrogens (tertiary/aromatic N) is 2. The highest BCUT2D eigenvalue weighted by atomic mass is 16.3. The van der Waals surface area contributed by atoms with E-state index in [2.05, 4.69) is 25.0 Å². The lowest BCUT2D eigenvalue weighted by molar-refractivity contribution is 0.462. The second-order valence-corrected chi connectivity index (χ2v) is 4.68. The molecule has 0 fully saturated rings. The van der Waals surface area contributed by atoms with Gasteiger partial charge in [0.15, 0.2) is 5.75 Å². The van der Waals surface area contributed by atoms with Crippen LogP contribution in [-0.2, 0) is 6.42 Å². The van der Waals surface area contributed by atoms with Crippen LogP contribution in [0.3, 0.4) is 0 Å². The lowest BCUT2D eigenvalue weighted by Gasteiger charge is -2.07. The highest BCUT2D eigenvalue weighted by Gasteiger charge is 2.15. The minimum atomic E-state index is 0.340. The summed E-state index contributed by atoms with van der Waals surface area (Å²) in [6.45, 7) is 6.10. The Balaban J connectivity index is 2.43. The highest BCUT2D eigenvalue weighted by molar-refractivity contribution is 5.44. The smallest absolute Gasteiger partial charge is 0.160 e. The molecule has 1 aromatic heterocycles. The van der Waals surface area contributed by atoms with Gasteiger partial charge >= 0.3 is 0 Å². The Labute approximate surface area is 108 Å². The van der Waals surface area contributed by atoms with Gasteiger partial charge in [-0.25, -0.2) is 4.68 Å². The van der Waals surface area contributed by atoms with Gasteiger partial charge in [0.1, 0.15) is 5.69 Å². The van der Waals surface area contributed by atoms with Crippen molar-refractivity contribution in [1.29, 1.82) is 0 Å². The van der Waals surface area contributed by atoms with Gasteiger partial charge in [-0.15, -0.1) is 0 Å². The van der Waals surface area contributed by atoms with Crippen molar-refractivity contribution in [2.45, 2.75) is 40.0 Å². The quantitative estimate of drug-likeness (QED) is 0.893. The van der Waals surface area contributed by atoms with Crippen molar-refractivity contribution in [3.05, 3.63) is 41.2 Å². The van der Waals surface area contributed by atoms with E-state index in [1.165, 1.54) is 0 Å². The van der Waals surface area contributed by atoms with Gasteiger partial charge in [-0.05, 0) is 38.3 Å². The number of rotatable bonds is 4. The zero-order chi connectivity index (χ0) is 13.1. The first-order valence-electron chi connectivity index (χ1n) is 6.48. The SMILES string of the molecule is CCCCc1nn(-c2ccccc2C)c(C)c1O. The number of benzene rings is 1. The van der Waals surface area contributed by atoms with Crippen LogP contribution in [0, 0.1) is 13.8 Å². The predicted octanol–water partition coefficient (Wildman–Crippen LogP) is 3.54. The van der Waals surface area contributed by atoms with Crippen molar-refractivity contribution < 1.29 is 5.11 Å². The Kier molecular flexibility index (Phi) is 3.70. The molecule has 1 N–H and O–H groups in total. The molecule has 3 nitrogen and oxygen atoms in total. The Morgan fingerprint density at radius 2 is 1.94 bits per heavy atom. The van der Waals surface area contributed by atoms with Crippen LogP contribution in [0.5, 0.6) is 5.75 Å². The highest BCUT2D eigenvalue weighted by Crippen LogP contribution is 2.26. The zero-order valence-electron chi connectivity index (χ0n) is 11.3. The summed E-state index contributed by atoms with van der Waals surface area (Å²) in [5, 5.41) is 14.7. The van der Waals surface area contributed by atoms with Crippen LogP contribution in [-0.4, -0.2) is 14.9 Å². The lowest BCUT2D eigenvalue weighted by Crippen LogP contribution is -2.01. The second kappa shape index (κ2) is 5.25. The monoisotopic (exact) mass is 244 g/mol. The molecule has 0 aliphatic carbocycles. The minimum Gasteiger partial charge on any atom is -0.504 e. The molecule has 1 heterocycles. The van der Waals surface area contributed by atoms with Gasteiger partial charge in [-0.2, -0.15) is 5.10 Å². The summed E-state index contributed by atoms with van der Waals surface area (Å²) in [7, 11) is 0. The van der Waals surface area contributed by atoms with Crippen LogP contribution in [0.1, 0.15) is 36.7 Å². The lowest BCUT2D eigenvalue weighted by atomic mass is 10.2. The molecule has 0 amide bonds. The number of aryl methyl sites for hydroxylation is 2. The van der Waals surface area contributed by atoms with Crippen LogP contribution in [0.2, 0.25) is 0 Å². The van der Waals surface area contributed by atoms with Gasteiger partial charge in [-0.1, -0.05) is 31.5 Å². The average Bonchev–Trinajstić information content (AvgIpc) is 2.65. The Bertz CT molecular complexity index is 543. The van der Waals surface area contributed by atoms with E-state index < -0.39 is 0 Å². The Morgan fingerprint density at radius 1 is 1.22 bits per heavy atom. The maximum absolute atomic E-state index is 10.1. The summed E-state index contributed by atoms with van der Waals surface area (Å²) in [5.41, 5.74) is 3.81. The third kappa shape index (κ3) is 2.26. The van der Waals surface area contributed by atoms with Gasteiger partial charge in [0, 0.05) is 0 Å². The second-order valence-electron chi connectivity index (χ2n) is 4.68. The van der Waals surface area contributed by atoms with Crippen LogP contribution in [0.4, 0.5) is 0 Å². The molecule has 0 saturated heterocycles. The summed E-state index contributed by atoms with van der Waals surface area (Å²) < 4.78 is 1.84. The molecule has 2 rings (SSSR count). The van der Waals surface area contributed by atoms with Gasteiger partial charge in [0.25, 0.3) is 0 Å². The normalized spacial score (nSPS) is 10.8. The molecule has 0 radical (unpaired) electrons. The summed E-state index contributed by atoms with van der Waals surface area (Å²) >= 11 is 0. The van der Waals surface area contributed by atoms with E-state index in [1.54, 1.807) is 0 Å². The van der Waals surface area contributed by atoms with E-state index in [-0.39, 0.29) is 0 Å². The van der Waals surface area contributed by atoms with Gasteiger partial charge in [0.05, 0.1) is 11.4 Å². The number of unbranched alkanes of at least 4 members (excludes halogenated alkanes) is 1. The van der Waals surface area contributed by atoms with Crippen molar-refractivity contribution in [3.63, 3.8) is 0 Å². The molecule has 0 saturated carbocycles. The molecule has 2 aromatic rings. The number of para-hydroxylation sites is 1. The van der Waals surface area contributed by atoms with E-state index in [1.807, 2.05) is 29.8 Å². The summed E-state index contributed by atoms with van der Waals surface area (Å²) in [6.07, 6.45) is 3.00. The van der Waals surface area contributed by atoms with Crippen LogP contribution >= 0.6 is 0 Å². The van der Waals surface area contributed by atoms with Crippen molar-refractivity contribution in [2.24, 2.45) is 0 Å². The number of hydrogen-bond donors (Lipinski definition) is 1. The van der Waals surface area contributed by atoms with Crippen LogP contribution in [0.25, 0.3) is 5.69 Å². The fraction of sp³-hybridized carbons (Fsp3) is 0.400. The first-order valence-corrected chi connectivity index (χ1v) is 6.48. The molecule has 0 bridgehead atoms. The van der Waals surface area contributed by atoms with E-state index in [0.717, 1.165) is 41.9 Å². The Morgan fingerprint density at radius 3 is 2.61 bits per heavy atom. The van der Waals surface area contributed by atoms with E-state index in [9.17, 15) is 5.11 Å². The molecule has 0 aliphatic rings. The molecule has 0 unspecified atom stereocenters. The maximum atomic E-state index is 10.1. The van der Waals surface area contributed by atoms with Gasteiger partial charge < -0.3 is 5.11 Å². The Hall–Kier alpha value is -1.77. The van der Waals surface area contributed by atoms with Gasteiger partial charge in [-0.3, -0.25) is 0 Å². The average molecular weight is 244 g/mol. The molecule has 1 aromatic carbocycles. The van der Waals surface area contributed by atoms with Crippen molar-refractivity contribution >= 4 is 0 Å². The third-order valence-electron chi connectivity index (χ3n) is 3.27. The first-order chi connectivity index (χ1) is 8.65. The molecule has 0 atom stereocenters. The zero-order valence-corrected chi connectivity index (χ0v) is 11.3. The molecule has 0 aliphatic heterocycles. The fourth-order valence-corrected chi connectivity index (χ4v) is 2.10. The third-order valence-corrected chi connectivity index (χ3v) is 3.27. The number of hydrogen-bond acceptors (Lipinski definition) is 2. The minimum absolute atomic E-state index is 0.340. The van der Waals surface area contributed by atoms with Crippen LogP contribution < -0.4 is 0 Å². The molecular weight excluding hydrogens is 224 g/mol. The fourth-order valence-electron chi connectivity index (χ4n) is 2.10. The standard InChI is InChI=1S/C15H20N2O/c1-4-5-9-13-15(18)12(3)17(16-13)14-10-7-6-8-11(14)2/h6-8,10,18H,4-5,9H2,1-3H3. The van der Waals surface area contributed by atoms with Crippen molar-refractivity contribution in [1.82, 2.24) is 9.78 Å². The van der Waals surface area contributed by atoms with E-state index in [4.69, 9.17) is 0 Å². The van der Waals surface area contributed by atoms with E-state index in [0.29, 0.717) is 5.75 Å². The topological polar surface area (TPSA) is 38.0 Å². The molecule has 96 valence electrons. The predicted molar refractivity (Wildman–Crippen MR) is 73.3 cm³/mol. The summed E-state index contributed by atoms with van der Waals surface area (Å²) in [6, 6.07) is 8.08. The summed E-state index contributed by atoms with van der Waals surface area (Å²) in [4.78, 5) is 0. The number of aromatic hydroxyl groups is 1. The van der Waals surface area contributed by atoms with E-state index >= 15 is 0 Å². The maximum Gasteiger partial charge on any atom is 0.160 e. The molecule has 3 heteroatoms. The van der Waals surface area contributed by atoms with Crippen molar-refractivity contribution in [3.8, 4) is 11.4 Å². The largest absolute Gasteiger partial charge is 0.504 e. The summed E-state index contributed by atoms with van der Waals surface area (Å²) in [5.74, 6) is 0.340.